The molecule has 1 aliphatic heterocycles. The number of nitrogens with zero attached hydrogens (tertiary/aromatic N) is 4. The normalized spacial score (nSPS) is 15.8. The van der Waals surface area contributed by atoms with Crippen molar-refractivity contribution in [2.24, 2.45) is 11.8 Å². The van der Waals surface area contributed by atoms with Crippen LogP contribution in [0.25, 0.3) is 0 Å². The van der Waals surface area contributed by atoms with Crippen molar-refractivity contribution in [3.63, 3.8) is 0 Å². The number of amides is 3. The molecule has 13 heteroatoms. The van der Waals surface area contributed by atoms with E-state index in [0.717, 1.165) is 16.3 Å². The van der Waals surface area contributed by atoms with Crippen molar-refractivity contribution in [3.8, 4) is 5.75 Å². The van der Waals surface area contributed by atoms with Gasteiger partial charge >= 0.3 is 6.03 Å². The fourth-order valence-electron chi connectivity index (χ4n) is 6.07. The van der Waals surface area contributed by atoms with Crippen LogP contribution in [-0.4, -0.2) is 94.0 Å². The van der Waals surface area contributed by atoms with Crippen LogP contribution in [0.15, 0.2) is 58.8 Å². The van der Waals surface area contributed by atoms with Crippen LogP contribution in [0, 0.1) is 18.8 Å². The number of aryl methyl sites for hydroxylation is 2. The van der Waals surface area contributed by atoms with E-state index >= 15 is 0 Å². The van der Waals surface area contributed by atoms with Gasteiger partial charge in [-0.15, -0.1) is 11.3 Å². The molecule has 1 aliphatic rings. The van der Waals surface area contributed by atoms with Crippen molar-refractivity contribution in [1.82, 2.24) is 24.4 Å². The van der Waals surface area contributed by atoms with Crippen molar-refractivity contribution in [2.45, 2.75) is 84.0 Å². The van der Waals surface area contributed by atoms with Gasteiger partial charge in [-0.3, -0.25) is 4.79 Å². The first-order chi connectivity index (χ1) is 22.7. The minimum atomic E-state index is -4.07. The number of carbonyl (C=O) groups excluding carboxylic acids is 2. The van der Waals surface area contributed by atoms with E-state index in [1.807, 2.05) is 77.3 Å². The number of aliphatic hydroxyl groups excluding tert-OH is 1. The molecule has 3 amide bonds. The summed E-state index contributed by atoms with van der Waals surface area (Å²) in [7, 11) is -4.07. The number of phenols is 1. The van der Waals surface area contributed by atoms with E-state index < -0.39 is 34.1 Å². The van der Waals surface area contributed by atoms with E-state index in [-0.39, 0.29) is 48.0 Å². The van der Waals surface area contributed by atoms with Gasteiger partial charge in [0, 0.05) is 31.6 Å². The quantitative estimate of drug-likeness (QED) is 0.201. The second kappa shape index (κ2) is 16.3. The number of benzene rings is 2. The lowest BCUT2D eigenvalue weighted by atomic mass is 9.97. The Hall–Kier alpha value is -3.52. The fourth-order valence-corrected chi connectivity index (χ4v) is 8.35. The molecule has 0 unspecified atom stereocenters. The lowest BCUT2D eigenvalue weighted by Crippen LogP contribution is -2.57. The van der Waals surface area contributed by atoms with E-state index in [1.165, 1.54) is 33.8 Å². The highest BCUT2D eigenvalue weighted by Crippen LogP contribution is 2.26. The Bertz CT molecular complexity index is 1650. The Morgan fingerprint density at radius 2 is 1.79 bits per heavy atom. The molecular formula is C35H49N5O6S2. The van der Waals surface area contributed by atoms with Gasteiger partial charge in [-0.1, -0.05) is 65.0 Å². The Morgan fingerprint density at radius 1 is 1.08 bits per heavy atom. The number of nitrogens with one attached hydrogen (secondary N) is 1. The summed E-state index contributed by atoms with van der Waals surface area (Å²) < 4.78 is 29.1. The molecule has 11 nitrogen and oxygen atoms in total. The molecule has 2 aromatic carbocycles. The molecule has 1 aromatic heterocycles. The van der Waals surface area contributed by atoms with Crippen LogP contribution in [0.1, 0.15) is 56.4 Å². The highest BCUT2D eigenvalue weighted by atomic mass is 32.2. The summed E-state index contributed by atoms with van der Waals surface area (Å²) in [6.45, 7) is 12.4. The number of aromatic nitrogens is 1. The average Bonchev–Trinajstić information content (AvgIpc) is 3.61. The molecular weight excluding hydrogens is 651 g/mol. The summed E-state index contributed by atoms with van der Waals surface area (Å²) in [5.74, 6) is -0.673. The van der Waals surface area contributed by atoms with E-state index in [1.54, 1.807) is 9.80 Å². The molecule has 4 rings (SSSR count). The molecule has 48 heavy (non-hydrogen) atoms. The Balaban J connectivity index is 1.58. The van der Waals surface area contributed by atoms with Crippen LogP contribution >= 0.6 is 11.3 Å². The predicted molar refractivity (Wildman–Crippen MR) is 187 cm³/mol. The summed E-state index contributed by atoms with van der Waals surface area (Å²) in [4.78, 5) is 35.4. The van der Waals surface area contributed by atoms with Crippen LogP contribution < -0.4 is 5.32 Å². The van der Waals surface area contributed by atoms with Crippen molar-refractivity contribution < 1.29 is 28.2 Å². The van der Waals surface area contributed by atoms with Gasteiger partial charge in [-0.05, 0) is 60.9 Å². The fraction of sp³-hybridized carbons (Fsp3) is 0.514. The first-order valence-corrected chi connectivity index (χ1v) is 18.8. The standard InChI is InChI=1S/C35H49N5O6S2/c1-7-27-18-29(13-14-31(27)41)48(45,46)39(19-23(2)3)21-32(42)30(17-26-11-9-8-10-12-26)37-34(43)33(24(4)5)40-16-15-38(35(40)44)20-28-22-47-25(6)36-28/h8-14,18,22-24,30,32-33,41-42H,7,15-17,19-21H2,1-6H3,(H,37,43)/t30-,32-,33-/m0/s1. The highest BCUT2D eigenvalue weighted by molar-refractivity contribution is 7.89. The molecule has 0 saturated carbocycles. The number of carbonyl (C=O) groups is 2. The van der Waals surface area contributed by atoms with Crippen molar-refractivity contribution in [1.29, 1.82) is 0 Å². The van der Waals surface area contributed by atoms with Gasteiger partial charge < -0.3 is 25.3 Å². The van der Waals surface area contributed by atoms with Crippen LogP contribution in [0.3, 0.4) is 0 Å². The third-order valence-electron chi connectivity index (χ3n) is 8.50. The van der Waals surface area contributed by atoms with Crippen molar-refractivity contribution >= 4 is 33.3 Å². The molecule has 0 bridgehead atoms. The molecule has 1 fully saturated rings. The zero-order valence-electron chi connectivity index (χ0n) is 28.7. The van der Waals surface area contributed by atoms with Gasteiger partial charge in [0.2, 0.25) is 15.9 Å². The van der Waals surface area contributed by atoms with Gasteiger partial charge in [-0.25, -0.2) is 18.2 Å². The molecule has 1 saturated heterocycles. The largest absolute Gasteiger partial charge is 0.508 e. The third kappa shape index (κ3) is 9.13. The summed E-state index contributed by atoms with van der Waals surface area (Å²) in [5.41, 5.74) is 2.17. The third-order valence-corrected chi connectivity index (χ3v) is 11.2. The monoisotopic (exact) mass is 699 g/mol. The summed E-state index contributed by atoms with van der Waals surface area (Å²) in [6, 6.07) is 11.7. The lowest BCUT2D eigenvalue weighted by Gasteiger charge is -2.34. The summed E-state index contributed by atoms with van der Waals surface area (Å²) in [6.07, 6.45) is -0.584. The number of rotatable bonds is 16. The zero-order chi connectivity index (χ0) is 35.2. The molecule has 3 atom stereocenters. The van der Waals surface area contributed by atoms with E-state index in [9.17, 15) is 28.2 Å². The summed E-state index contributed by atoms with van der Waals surface area (Å²) in [5, 5.41) is 27.8. The molecule has 0 spiro atoms. The maximum Gasteiger partial charge on any atom is 0.321 e. The Kier molecular flexibility index (Phi) is 12.6. The smallest absolute Gasteiger partial charge is 0.321 e. The molecule has 0 aliphatic carbocycles. The molecule has 2 heterocycles. The number of hydrogen-bond donors (Lipinski definition) is 3. The van der Waals surface area contributed by atoms with E-state index in [2.05, 4.69) is 10.3 Å². The maximum atomic E-state index is 14.1. The van der Waals surface area contributed by atoms with Crippen LogP contribution in [-0.2, 0) is 34.2 Å². The van der Waals surface area contributed by atoms with Crippen LogP contribution in [0.2, 0.25) is 0 Å². The lowest BCUT2D eigenvalue weighted by molar-refractivity contribution is -0.128. The predicted octanol–water partition coefficient (Wildman–Crippen LogP) is 4.42. The zero-order valence-corrected chi connectivity index (χ0v) is 30.3. The van der Waals surface area contributed by atoms with Gasteiger partial charge in [0.25, 0.3) is 0 Å². The maximum absolute atomic E-state index is 14.1. The number of aromatic hydroxyl groups is 1. The second-order valence-corrected chi connectivity index (χ2v) is 16.2. The first kappa shape index (κ1) is 37.3. The number of aliphatic hydroxyl groups is 1. The Labute approximate surface area is 288 Å². The average molecular weight is 700 g/mol. The van der Waals surface area contributed by atoms with Gasteiger partial charge in [0.05, 0.1) is 34.3 Å². The molecule has 262 valence electrons. The van der Waals surface area contributed by atoms with Gasteiger partial charge in [0.15, 0.2) is 0 Å². The minimum absolute atomic E-state index is 0.0232. The van der Waals surface area contributed by atoms with Crippen LogP contribution in [0.5, 0.6) is 5.75 Å². The van der Waals surface area contributed by atoms with Crippen LogP contribution in [0.4, 0.5) is 4.79 Å². The molecule has 3 N–H and O–H groups in total. The SMILES string of the molecule is CCc1cc(S(=O)(=O)N(CC(C)C)C[C@H](O)[C@H](Cc2ccccc2)NC(=O)[C@H](C(C)C)N2CCN(Cc3csc(C)n3)C2=O)ccc1O. The minimum Gasteiger partial charge on any atom is -0.508 e. The van der Waals surface area contributed by atoms with Crippen molar-refractivity contribution in [3.05, 3.63) is 75.7 Å². The number of thiazole rings is 1. The van der Waals surface area contributed by atoms with Crippen molar-refractivity contribution in [2.75, 3.05) is 26.2 Å². The molecule has 0 radical (unpaired) electrons. The topological polar surface area (TPSA) is 143 Å². The number of sulfonamides is 1. The number of hydrogen-bond acceptors (Lipinski definition) is 8. The highest BCUT2D eigenvalue weighted by Gasteiger charge is 2.40. The van der Waals surface area contributed by atoms with Gasteiger partial charge in [0.1, 0.15) is 11.8 Å². The second-order valence-electron chi connectivity index (χ2n) is 13.2. The number of phenolic OH excluding ortho intramolecular Hbond substituents is 1. The first-order valence-electron chi connectivity index (χ1n) is 16.5. The number of urea groups is 1. The summed E-state index contributed by atoms with van der Waals surface area (Å²) >= 11 is 1.52. The van der Waals surface area contributed by atoms with Gasteiger partial charge in [-0.2, -0.15) is 4.31 Å². The molecule has 3 aromatic rings. The van der Waals surface area contributed by atoms with E-state index in [0.29, 0.717) is 31.6 Å². The Morgan fingerprint density at radius 3 is 2.40 bits per heavy atom. The van der Waals surface area contributed by atoms with E-state index in [4.69, 9.17) is 0 Å².